The summed E-state index contributed by atoms with van der Waals surface area (Å²) in [6.45, 7) is 6.47. The van der Waals surface area contributed by atoms with Gasteiger partial charge in [0.2, 0.25) is 0 Å². The zero-order chi connectivity index (χ0) is 13.0. The topological polar surface area (TPSA) is 0 Å². The van der Waals surface area contributed by atoms with Crippen molar-refractivity contribution in [2.75, 3.05) is 0 Å². The summed E-state index contributed by atoms with van der Waals surface area (Å²) in [7, 11) is 0. The van der Waals surface area contributed by atoms with Crippen LogP contribution in [0, 0.1) is 6.92 Å². The van der Waals surface area contributed by atoms with E-state index in [1.807, 2.05) is 0 Å². The van der Waals surface area contributed by atoms with Gasteiger partial charge in [-0.25, -0.2) is 0 Å². The largest absolute Gasteiger partial charge is 0.0613 e. The van der Waals surface area contributed by atoms with Crippen LogP contribution in [0.3, 0.4) is 0 Å². The highest BCUT2D eigenvalue weighted by atomic mass is 14.0. The Hall–Kier alpha value is -1.82. The third-order valence-electron chi connectivity index (χ3n) is 3.28. The lowest BCUT2D eigenvalue weighted by molar-refractivity contribution is 1.14. The van der Waals surface area contributed by atoms with Gasteiger partial charge in [-0.15, -0.1) is 0 Å². The van der Waals surface area contributed by atoms with E-state index in [9.17, 15) is 0 Å². The number of hydrogen-bond acceptors (Lipinski definition) is 0. The van der Waals surface area contributed by atoms with E-state index in [1.165, 1.54) is 27.8 Å². The summed E-state index contributed by atoms with van der Waals surface area (Å²) in [6.07, 6.45) is 3.34. The Morgan fingerprint density at radius 2 is 1.56 bits per heavy atom. The van der Waals surface area contributed by atoms with Gasteiger partial charge in [0.1, 0.15) is 0 Å². The van der Waals surface area contributed by atoms with Crippen LogP contribution in [0.2, 0.25) is 0 Å². The van der Waals surface area contributed by atoms with Crippen LogP contribution in [0.15, 0.2) is 48.5 Å². The maximum absolute atomic E-state index is 2.24. The smallest absolute Gasteiger partial charge is 0.0227 e. The first-order valence-electron chi connectivity index (χ1n) is 6.53. The summed E-state index contributed by atoms with van der Waals surface area (Å²) in [4.78, 5) is 0. The Morgan fingerprint density at radius 1 is 0.944 bits per heavy atom. The van der Waals surface area contributed by atoms with E-state index in [0.29, 0.717) is 0 Å². The minimum absolute atomic E-state index is 1.10. The molecule has 0 atom stereocenters. The number of allylic oxidation sites excluding steroid dienone is 1. The summed E-state index contributed by atoms with van der Waals surface area (Å²) in [5.41, 5.74) is 6.56. The molecule has 0 unspecified atom stereocenters. The Balaban J connectivity index is 2.23. The number of hydrogen-bond donors (Lipinski definition) is 0. The first kappa shape index (κ1) is 12.6. The molecule has 0 fully saturated rings. The lowest BCUT2D eigenvalue weighted by atomic mass is 10.0. The minimum atomic E-state index is 1.10. The van der Waals surface area contributed by atoms with Crippen molar-refractivity contribution in [1.29, 1.82) is 0 Å². The quantitative estimate of drug-likeness (QED) is 0.649. The molecule has 0 spiro atoms. The molecule has 0 radical (unpaired) electrons. The van der Waals surface area contributed by atoms with Gasteiger partial charge in [-0.2, -0.15) is 0 Å². The van der Waals surface area contributed by atoms with Crippen LogP contribution in [0.4, 0.5) is 0 Å². The van der Waals surface area contributed by atoms with E-state index in [-0.39, 0.29) is 0 Å². The molecule has 2 rings (SSSR count). The van der Waals surface area contributed by atoms with Gasteiger partial charge in [-0.1, -0.05) is 67.1 Å². The molecular formula is C18H20. The zero-order valence-corrected chi connectivity index (χ0v) is 11.4. The van der Waals surface area contributed by atoms with Gasteiger partial charge < -0.3 is 0 Å². The summed E-state index contributed by atoms with van der Waals surface area (Å²) < 4.78 is 0. The Morgan fingerprint density at radius 3 is 2.11 bits per heavy atom. The van der Waals surface area contributed by atoms with Crippen LogP contribution in [0.25, 0.3) is 11.6 Å². The molecule has 92 valence electrons. The molecule has 0 aliphatic rings. The van der Waals surface area contributed by atoms with Gasteiger partial charge in [0.15, 0.2) is 0 Å². The molecule has 0 aliphatic heterocycles. The molecule has 2 aromatic rings. The van der Waals surface area contributed by atoms with Crippen molar-refractivity contribution in [2.24, 2.45) is 0 Å². The van der Waals surface area contributed by atoms with E-state index in [4.69, 9.17) is 0 Å². The van der Waals surface area contributed by atoms with Crippen molar-refractivity contribution >= 4 is 11.6 Å². The summed E-state index contributed by atoms with van der Waals surface area (Å²) in [6, 6.07) is 17.5. The molecule has 0 heteroatoms. The maximum Gasteiger partial charge on any atom is -0.0227 e. The highest BCUT2D eigenvalue weighted by molar-refractivity contribution is 5.80. The fourth-order valence-electron chi connectivity index (χ4n) is 2.00. The predicted octanol–water partition coefficient (Wildman–Crippen LogP) is 5.12. The fourth-order valence-corrected chi connectivity index (χ4v) is 2.00. The van der Waals surface area contributed by atoms with Crippen molar-refractivity contribution < 1.29 is 0 Å². The Kier molecular flexibility index (Phi) is 3.99. The molecule has 0 amide bonds. The van der Waals surface area contributed by atoms with Crippen LogP contribution in [-0.4, -0.2) is 0 Å². The molecule has 0 saturated heterocycles. The highest BCUT2D eigenvalue weighted by Gasteiger charge is 1.96. The molecule has 0 nitrogen and oxygen atoms in total. The van der Waals surface area contributed by atoms with E-state index in [1.54, 1.807) is 0 Å². The average molecular weight is 236 g/mol. The third-order valence-corrected chi connectivity index (χ3v) is 3.28. The molecule has 18 heavy (non-hydrogen) atoms. The zero-order valence-electron chi connectivity index (χ0n) is 11.4. The first-order chi connectivity index (χ1) is 8.69. The van der Waals surface area contributed by atoms with Gasteiger partial charge in [0.05, 0.1) is 0 Å². The van der Waals surface area contributed by atoms with Crippen LogP contribution >= 0.6 is 0 Å². The van der Waals surface area contributed by atoms with Crippen molar-refractivity contribution in [3.63, 3.8) is 0 Å². The van der Waals surface area contributed by atoms with Gasteiger partial charge >= 0.3 is 0 Å². The standard InChI is InChI=1S/C18H20/c1-4-16-7-9-17(10-8-16)13-15(3)18-11-5-14(2)6-12-18/h5-13H,4H2,1-3H3. The number of aryl methyl sites for hydroxylation is 2. The molecule has 0 aliphatic carbocycles. The summed E-state index contributed by atoms with van der Waals surface area (Å²) in [5.74, 6) is 0. The van der Waals surface area contributed by atoms with Crippen LogP contribution < -0.4 is 0 Å². The SMILES string of the molecule is CCc1ccc(C=C(C)c2ccc(C)cc2)cc1. The second-order valence-electron chi connectivity index (χ2n) is 4.79. The average Bonchev–Trinajstić information content (AvgIpc) is 2.40. The lowest BCUT2D eigenvalue weighted by Gasteiger charge is -2.03. The Labute approximate surface area is 110 Å². The number of rotatable bonds is 3. The molecule has 0 N–H and O–H groups in total. The summed E-state index contributed by atoms with van der Waals surface area (Å²) >= 11 is 0. The second-order valence-corrected chi connectivity index (χ2v) is 4.79. The molecule has 0 aromatic heterocycles. The van der Waals surface area contributed by atoms with E-state index < -0.39 is 0 Å². The van der Waals surface area contributed by atoms with Crippen LogP contribution in [-0.2, 0) is 6.42 Å². The van der Waals surface area contributed by atoms with Gasteiger partial charge in [0, 0.05) is 0 Å². The maximum atomic E-state index is 2.24. The highest BCUT2D eigenvalue weighted by Crippen LogP contribution is 2.18. The van der Waals surface area contributed by atoms with Crippen LogP contribution in [0.5, 0.6) is 0 Å². The lowest BCUT2D eigenvalue weighted by Crippen LogP contribution is -1.82. The monoisotopic (exact) mass is 236 g/mol. The molecule has 0 bridgehead atoms. The van der Waals surface area contributed by atoms with Crippen molar-refractivity contribution in [3.05, 3.63) is 70.8 Å². The van der Waals surface area contributed by atoms with Gasteiger partial charge in [-0.3, -0.25) is 0 Å². The molecule has 2 aromatic carbocycles. The van der Waals surface area contributed by atoms with Crippen molar-refractivity contribution in [1.82, 2.24) is 0 Å². The van der Waals surface area contributed by atoms with Crippen LogP contribution in [0.1, 0.15) is 36.1 Å². The fraction of sp³-hybridized carbons (Fsp3) is 0.222. The number of benzene rings is 2. The third kappa shape index (κ3) is 3.10. The van der Waals surface area contributed by atoms with E-state index in [2.05, 4.69) is 75.4 Å². The summed E-state index contributed by atoms with van der Waals surface area (Å²) in [5, 5.41) is 0. The second kappa shape index (κ2) is 5.68. The predicted molar refractivity (Wildman–Crippen MR) is 80.5 cm³/mol. The van der Waals surface area contributed by atoms with Crippen molar-refractivity contribution in [3.8, 4) is 0 Å². The molecular weight excluding hydrogens is 216 g/mol. The molecule has 0 saturated carbocycles. The van der Waals surface area contributed by atoms with E-state index >= 15 is 0 Å². The Bertz CT molecular complexity index is 527. The minimum Gasteiger partial charge on any atom is -0.0613 e. The van der Waals surface area contributed by atoms with Gasteiger partial charge in [-0.05, 0) is 42.5 Å². The van der Waals surface area contributed by atoms with Gasteiger partial charge in [0.25, 0.3) is 0 Å². The first-order valence-corrected chi connectivity index (χ1v) is 6.53. The van der Waals surface area contributed by atoms with Crippen molar-refractivity contribution in [2.45, 2.75) is 27.2 Å². The molecule has 0 heterocycles. The van der Waals surface area contributed by atoms with E-state index in [0.717, 1.165) is 6.42 Å². The normalized spacial score (nSPS) is 11.6.